The smallest absolute Gasteiger partial charge is 0.326 e. The number of hydrogen-bond donors (Lipinski definition) is 8. The lowest BCUT2D eigenvalue weighted by Crippen LogP contribution is -2.57. The summed E-state index contributed by atoms with van der Waals surface area (Å²) in [5.41, 5.74) is 6.59. The second-order valence-corrected chi connectivity index (χ2v) is 8.05. The fourth-order valence-electron chi connectivity index (χ4n) is 3.13. The number of carbonyl (C=O) groups excluding carboxylic acids is 3. The third-order valence-corrected chi connectivity index (χ3v) is 5.09. The van der Waals surface area contributed by atoms with Crippen molar-refractivity contribution in [3.63, 3.8) is 0 Å². The van der Waals surface area contributed by atoms with Crippen molar-refractivity contribution in [1.29, 1.82) is 0 Å². The summed E-state index contributed by atoms with van der Waals surface area (Å²) in [6.07, 6.45) is 1.99. The van der Waals surface area contributed by atoms with E-state index in [2.05, 4.69) is 25.9 Å². The highest BCUT2D eigenvalue weighted by Gasteiger charge is 2.29. The minimum Gasteiger partial charge on any atom is -0.508 e. The lowest BCUT2D eigenvalue weighted by Gasteiger charge is -2.23. The van der Waals surface area contributed by atoms with Crippen LogP contribution in [0.5, 0.6) is 5.75 Å². The Morgan fingerprint density at radius 1 is 0.944 bits per heavy atom. The van der Waals surface area contributed by atoms with Gasteiger partial charge >= 0.3 is 11.9 Å². The van der Waals surface area contributed by atoms with Crippen LogP contribution < -0.4 is 21.7 Å². The number of nitrogens with zero attached hydrogens (tertiary/aromatic N) is 1. The van der Waals surface area contributed by atoms with E-state index in [0.29, 0.717) is 11.3 Å². The molecule has 14 nitrogen and oxygen atoms in total. The lowest BCUT2D eigenvalue weighted by atomic mass is 10.1. The van der Waals surface area contributed by atoms with Gasteiger partial charge in [0.2, 0.25) is 17.7 Å². The fraction of sp³-hybridized carbons (Fsp3) is 0.364. The van der Waals surface area contributed by atoms with Crippen molar-refractivity contribution < 1.29 is 39.3 Å². The standard InChI is InChI=1S/C22H28N6O8/c1-11(19(32)28-17(22(35)36)6-12-2-4-14(29)5-3-12)26-21(34)16(7-13-9-24-10-25-13)27-20(33)15(23)8-18(30)31/h2-5,9-11,15-17,29H,6-8,23H2,1H3,(H,24,25)(H,26,34)(H,27,33)(H,28,32)(H,30,31)(H,35,36). The first-order valence-electron chi connectivity index (χ1n) is 10.8. The van der Waals surface area contributed by atoms with E-state index in [1.54, 1.807) is 0 Å². The number of aromatic nitrogens is 2. The summed E-state index contributed by atoms with van der Waals surface area (Å²) in [6.45, 7) is 1.33. The summed E-state index contributed by atoms with van der Waals surface area (Å²) in [7, 11) is 0. The third kappa shape index (κ3) is 8.72. The zero-order valence-electron chi connectivity index (χ0n) is 19.3. The molecule has 1 heterocycles. The minimum atomic E-state index is -1.41. The molecule has 0 aliphatic heterocycles. The van der Waals surface area contributed by atoms with Gasteiger partial charge in [-0.25, -0.2) is 9.78 Å². The molecule has 0 aliphatic carbocycles. The highest BCUT2D eigenvalue weighted by atomic mass is 16.4. The van der Waals surface area contributed by atoms with Crippen LogP contribution in [0, 0.1) is 0 Å². The number of carboxylic acids is 2. The second-order valence-electron chi connectivity index (χ2n) is 8.05. The SMILES string of the molecule is CC(NC(=O)C(Cc1cnc[nH]1)NC(=O)C(N)CC(=O)O)C(=O)NC(Cc1ccc(O)cc1)C(=O)O. The molecule has 0 saturated carbocycles. The number of aromatic hydroxyl groups is 1. The van der Waals surface area contributed by atoms with Crippen LogP contribution >= 0.6 is 0 Å². The molecule has 0 bridgehead atoms. The van der Waals surface area contributed by atoms with Gasteiger partial charge in [0, 0.05) is 24.7 Å². The zero-order valence-corrected chi connectivity index (χ0v) is 19.3. The van der Waals surface area contributed by atoms with Crippen LogP contribution in [-0.4, -0.2) is 79.1 Å². The number of nitrogens with one attached hydrogen (secondary N) is 4. The molecular weight excluding hydrogens is 476 g/mol. The maximum Gasteiger partial charge on any atom is 0.326 e. The number of hydrogen-bond acceptors (Lipinski definition) is 8. The van der Waals surface area contributed by atoms with Gasteiger partial charge in [0.05, 0.1) is 18.8 Å². The Morgan fingerprint density at radius 3 is 2.14 bits per heavy atom. The summed E-state index contributed by atoms with van der Waals surface area (Å²) in [4.78, 5) is 66.8. The Morgan fingerprint density at radius 2 is 1.58 bits per heavy atom. The van der Waals surface area contributed by atoms with Crippen LogP contribution in [0.25, 0.3) is 0 Å². The van der Waals surface area contributed by atoms with Crippen molar-refractivity contribution in [2.24, 2.45) is 5.73 Å². The van der Waals surface area contributed by atoms with Gasteiger partial charge in [0.25, 0.3) is 0 Å². The number of amides is 3. The van der Waals surface area contributed by atoms with Gasteiger partial charge < -0.3 is 42.0 Å². The summed E-state index contributed by atoms with van der Waals surface area (Å²) < 4.78 is 0. The monoisotopic (exact) mass is 504 g/mol. The highest BCUT2D eigenvalue weighted by Crippen LogP contribution is 2.11. The summed E-state index contributed by atoms with van der Waals surface area (Å²) in [6, 6.07) is 0.659. The van der Waals surface area contributed by atoms with Gasteiger partial charge in [-0.2, -0.15) is 0 Å². The molecule has 4 atom stereocenters. The number of aromatic amines is 1. The highest BCUT2D eigenvalue weighted by molar-refractivity contribution is 5.94. The Kier molecular flexibility index (Phi) is 9.92. The Balaban J connectivity index is 2.05. The largest absolute Gasteiger partial charge is 0.508 e. The number of phenolic OH excluding ortho intramolecular Hbond substituents is 1. The predicted molar refractivity (Wildman–Crippen MR) is 123 cm³/mol. The van der Waals surface area contributed by atoms with Gasteiger partial charge in [-0.05, 0) is 24.6 Å². The van der Waals surface area contributed by atoms with E-state index in [1.165, 1.54) is 43.7 Å². The van der Waals surface area contributed by atoms with E-state index in [0.717, 1.165) is 0 Å². The summed E-state index contributed by atoms with van der Waals surface area (Å²) >= 11 is 0. The topological polar surface area (TPSA) is 237 Å². The van der Waals surface area contributed by atoms with Gasteiger partial charge in [-0.1, -0.05) is 12.1 Å². The number of nitrogens with two attached hydrogens (primary N) is 1. The van der Waals surface area contributed by atoms with Crippen molar-refractivity contribution in [3.8, 4) is 5.75 Å². The Hall–Kier alpha value is -4.46. The normalized spacial score (nSPS) is 14.1. The van der Waals surface area contributed by atoms with Crippen LogP contribution in [0.15, 0.2) is 36.8 Å². The van der Waals surface area contributed by atoms with Crippen LogP contribution in [0.2, 0.25) is 0 Å². The molecule has 14 heteroatoms. The van der Waals surface area contributed by atoms with Gasteiger partial charge in [-0.15, -0.1) is 0 Å². The third-order valence-electron chi connectivity index (χ3n) is 5.09. The molecule has 2 rings (SSSR count). The Bertz CT molecular complexity index is 1070. The van der Waals surface area contributed by atoms with Gasteiger partial charge in [0.15, 0.2) is 0 Å². The lowest BCUT2D eigenvalue weighted by molar-refractivity contribution is -0.142. The van der Waals surface area contributed by atoms with Crippen LogP contribution in [0.4, 0.5) is 0 Å². The second kappa shape index (κ2) is 12.9. The molecule has 0 saturated heterocycles. The predicted octanol–water partition coefficient (Wildman–Crippen LogP) is -1.74. The molecule has 1 aromatic heterocycles. The Labute approximate surface area is 205 Å². The van der Waals surface area contributed by atoms with Crippen molar-refractivity contribution in [2.75, 3.05) is 0 Å². The molecule has 2 aromatic rings. The first-order valence-corrected chi connectivity index (χ1v) is 10.8. The average molecular weight is 505 g/mol. The molecule has 194 valence electrons. The molecular formula is C22H28N6O8. The number of aliphatic carboxylic acids is 2. The first kappa shape index (κ1) is 27.8. The quantitative estimate of drug-likeness (QED) is 0.153. The number of carbonyl (C=O) groups is 5. The molecule has 9 N–H and O–H groups in total. The number of benzene rings is 1. The van der Waals surface area contributed by atoms with Gasteiger partial charge in [-0.3, -0.25) is 19.2 Å². The van der Waals surface area contributed by atoms with Crippen LogP contribution in [0.3, 0.4) is 0 Å². The van der Waals surface area contributed by atoms with Crippen molar-refractivity contribution in [1.82, 2.24) is 25.9 Å². The van der Waals surface area contributed by atoms with Gasteiger partial charge in [0.1, 0.15) is 23.9 Å². The number of imidazole rings is 1. The molecule has 0 fully saturated rings. The number of phenols is 1. The van der Waals surface area contributed by atoms with E-state index in [1.807, 2.05) is 0 Å². The van der Waals surface area contributed by atoms with E-state index >= 15 is 0 Å². The molecule has 0 aliphatic rings. The first-order chi connectivity index (χ1) is 17.0. The van der Waals surface area contributed by atoms with Crippen molar-refractivity contribution >= 4 is 29.7 Å². The molecule has 3 amide bonds. The minimum absolute atomic E-state index is 0.00619. The molecule has 0 radical (unpaired) electrons. The van der Waals surface area contributed by atoms with E-state index < -0.39 is 60.2 Å². The summed E-state index contributed by atoms with van der Waals surface area (Å²) in [5, 5.41) is 34.8. The van der Waals surface area contributed by atoms with Crippen molar-refractivity contribution in [2.45, 2.75) is 50.4 Å². The number of H-pyrrole nitrogens is 1. The molecule has 1 aromatic carbocycles. The molecule has 36 heavy (non-hydrogen) atoms. The number of carboxylic acid groups (broad SMARTS) is 2. The average Bonchev–Trinajstić information content (AvgIpc) is 3.32. The van der Waals surface area contributed by atoms with E-state index in [-0.39, 0.29) is 18.6 Å². The maximum atomic E-state index is 12.9. The number of rotatable bonds is 13. The zero-order chi connectivity index (χ0) is 26.8. The van der Waals surface area contributed by atoms with E-state index in [4.69, 9.17) is 10.8 Å². The van der Waals surface area contributed by atoms with E-state index in [9.17, 15) is 34.2 Å². The maximum absolute atomic E-state index is 12.9. The van der Waals surface area contributed by atoms with Crippen LogP contribution in [-0.2, 0) is 36.8 Å². The summed E-state index contributed by atoms with van der Waals surface area (Å²) in [5.74, 6) is -5.04. The van der Waals surface area contributed by atoms with Crippen LogP contribution in [0.1, 0.15) is 24.6 Å². The fourth-order valence-corrected chi connectivity index (χ4v) is 3.13. The molecule has 4 unspecified atom stereocenters. The molecule has 0 spiro atoms. The van der Waals surface area contributed by atoms with Crippen molar-refractivity contribution in [3.05, 3.63) is 48.0 Å².